The molecule has 0 spiro atoms. The number of nitrogens with zero attached hydrogens (tertiary/aromatic N) is 3. The minimum absolute atomic E-state index is 0.0677. The van der Waals surface area contributed by atoms with Crippen LogP contribution in [0.2, 0.25) is 5.15 Å². The van der Waals surface area contributed by atoms with Gasteiger partial charge in [-0.1, -0.05) is 17.7 Å². The molecule has 2 rings (SSSR count). The zero-order valence-corrected chi connectivity index (χ0v) is 15.0. The molecule has 1 aliphatic heterocycles. The third-order valence-electron chi connectivity index (χ3n) is 3.39. The van der Waals surface area contributed by atoms with Crippen molar-refractivity contribution in [3.63, 3.8) is 0 Å². The van der Waals surface area contributed by atoms with Gasteiger partial charge in [0, 0.05) is 6.54 Å². The highest BCUT2D eigenvalue weighted by Crippen LogP contribution is 2.29. The lowest BCUT2D eigenvalue weighted by molar-refractivity contribution is 0.497. The van der Waals surface area contributed by atoms with E-state index >= 15 is 0 Å². The summed E-state index contributed by atoms with van der Waals surface area (Å²) >= 11 is 11.3. The Kier molecular flexibility index (Phi) is 5.77. The Bertz CT molecular complexity index is 742. The molecule has 126 valence electrons. The molecule has 0 bridgehead atoms. The lowest BCUT2D eigenvalue weighted by Gasteiger charge is -2.09. The van der Waals surface area contributed by atoms with E-state index in [9.17, 15) is 8.42 Å². The van der Waals surface area contributed by atoms with Crippen molar-refractivity contribution in [1.29, 1.82) is 0 Å². The van der Waals surface area contributed by atoms with E-state index in [-0.39, 0.29) is 17.5 Å². The van der Waals surface area contributed by atoms with E-state index in [0.717, 1.165) is 0 Å². The van der Waals surface area contributed by atoms with Gasteiger partial charge in [-0.05, 0) is 25.6 Å². The number of sulfone groups is 1. The fraction of sp³-hybridized carbons (Fsp3) is 0.462. The normalized spacial score (nSPS) is 19.8. The molecule has 0 aromatic carbocycles. The molecule has 23 heavy (non-hydrogen) atoms. The standard InChI is InChI=1S/C13H18ClN5O2S2/c1-3-5-15-13(22)17-16-7-11-9(2)18-19(12(11)14)10-4-6-23(20,21)8-10/h3,7,10H,1,4-6,8H2,2H3,(H2,15,17,22)/b16-7-/t10-/m1/s1. The van der Waals surface area contributed by atoms with Crippen LogP contribution in [0.1, 0.15) is 23.7 Å². The molecule has 1 saturated heterocycles. The van der Waals surface area contributed by atoms with E-state index in [1.165, 1.54) is 6.21 Å². The maximum absolute atomic E-state index is 11.6. The predicted molar refractivity (Wildman–Crippen MR) is 95.8 cm³/mol. The molecule has 1 aliphatic rings. The van der Waals surface area contributed by atoms with Crippen LogP contribution in [0.25, 0.3) is 0 Å². The quantitative estimate of drug-likeness (QED) is 0.348. The largest absolute Gasteiger partial charge is 0.358 e. The molecule has 1 fully saturated rings. The Balaban J connectivity index is 2.09. The van der Waals surface area contributed by atoms with Gasteiger partial charge in [0.05, 0.1) is 35.0 Å². The number of nitrogens with one attached hydrogen (secondary N) is 2. The van der Waals surface area contributed by atoms with Crippen LogP contribution in [0.3, 0.4) is 0 Å². The molecule has 1 atom stereocenters. The van der Waals surface area contributed by atoms with Gasteiger partial charge in [0.15, 0.2) is 14.9 Å². The fourth-order valence-corrected chi connectivity index (χ4v) is 4.44. The van der Waals surface area contributed by atoms with Crippen molar-refractivity contribution in [2.24, 2.45) is 5.10 Å². The van der Waals surface area contributed by atoms with Crippen LogP contribution in [0.15, 0.2) is 17.8 Å². The van der Waals surface area contributed by atoms with Crippen molar-refractivity contribution in [2.75, 3.05) is 18.1 Å². The topological polar surface area (TPSA) is 88.4 Å². The van der Waals surface area contributed by atoms with E-state index in [1.54, 1.807) is 17.7 Å². The number of hydrogen-bond acceptors (Lipinski definition) is 5. The third-order valence-corrected chi connectivity index (χ3v) is 5.75. The highest BCUT2D eigenvalue weighted by molar-refractivity contribution is 7.91. The molecule has 0 amide bonds. The minimum Gasteiger partial charge on any atom is -0.358 e. The number of aromatic nitrogens is 2. The van der Waals surface area contributed by atoms with E-state index in [2.05, 4.69) is 27.5 Å². The zero-order chi connectivity index (χ0) is 17.0. The highest BCUT2D eigenvalue weighted by Gasteiger charge is 2.31. The van der Waals surface area contributed by atoms with Gasteiger partial charge < -0.3 is 5.32 Å². The van der Waals surface area contributed by atoms with Crippen LogP contribution in [0.5, 0.6) is 0 Å². The van der Waals surface area contributed by atoms with Crippen LogP contribution in [-0.4, -0.2) is 47.6 Å². The minimum atomic E-state index is -3.00. The molecule has 0 radical (unpaired) electrons. The fourth-order valence-electron chi connectivity index (χ4n) is 2.25. The molecule has 0 unspecified atom stereocenters. The van der Waals surface area contributed by atoms with Crippen molar-refractivity contribution >= 4 is 45.0 Å². The molecule has 2 N–H and O–H groups in total. The van der Waals surface area contributed by atoms with Gasteiger partial charge in [0.2, 0.25) is 0 Å². The van der Waals surface area contributed by atoms with Crippen molar-refractivity contribution in [3.8, 4) is 0 Å². The summed E-state index contributed by atoms with van der Waals surface area (Å²) in [7, 11) is -3.00. The molecule has 1 aromatic heterocycles. The number of aryl methyl sites for hydroxylation is 1. The summed E-state index contributed by atoms with van der Waals surface area (Å²) in [5.74, 6) is 0.235. The Morgan fingerprint density at radius 3 is 3.00 bits per heavy atom. The van der Waals surface area contributed by atoms with E-state index in [0.29, 0.717) is 34.5 Å². The van der Waals surface area contributed by atoms with Crippen molar-refractivity contribution in [1.82, 2.24) is 20.5 Å². The van der Waals surface area contributed by atoms with Gasteiger partial charge >= 0.3 is 0 Å². The Morgan fingerprint density at radius 2 is 2.39 bits per heavy atom. The van der Waals surface area contributed by atoms with E-state index < -0.39 is 9.84 Å². The summed E-state index contributed by atoms with van der Waals surface area (Å²) in [6.07, 6.45) is 3.72. The van der Waals surface area contributed by atoms with Crippen LogP contribution in [0, 0.1) is 6.92 Å². The molecule has 1 aromatic rings. The Hall–Kier alpha value is -1.45. The van der Waals surface area contributed by atoms with Crippen LogP contribution < -0.4 is 10.7 Å². The van der Waals surface area contributed by atoms with Crippen molar-refractivity contribution < 1.29 is 8.42 Å². The summed E-state index contributed by atoms with van der Waals surface area (Å²) < 4.78 is 24.8. The van der Waals surface area contributed by atoms with Gasteiger partial charge in [-0.3, -0.25) is 5.43 Å². The smallest absolute Gasteiger partial charge is 0.187 e. The van der Waals surface area contributed by atoms with Crippen LogP contribution in [0.4, 0.5) is 0 Å². The lowest BCUT2D eigenvalue weighted by Crippen LogP contribution is -2.31. The first kappa shape index (κ1) is 17.9. The summed E-state index contributed by atoms with van der Waals surface area (Å²) in [6, 6.07) is -0.225. The highest BCUT2D eigenvalue weighted by atomic mass is 35.5. The SMILES string of the molecule is C=CCNC(=S)N/N=C\c1c(C)nn([C@@H]2CCS(=O)(=O)C2)c1Cl. The second-order valence-electron chi connectivity index (χ2n) is 5.16. The average molecular weight is 376 g/mol. The first-order chi connectivity index (χ1) is 10.8. The predicted octanol–water partition coefficient (Wildman–Crippen LogP) is 1.19. The first-order valence-electron chi connectivity index (χ1n) is 6.97. The zero-order valence-electron chi connectivity index (χ0n) is 12.6. The van der Waals surface area contributed by atoms with Crippen LogP contribution in [-0.2, 0) is 9.84 Å². The van der Waals surface area contributed by atoms with Crippen LogP contribution >= 0.6 is 23.8 Å². The molecular weight excluding hydrogens is 358 g/mol. The molecule has 2 heterocycles. The maximum atomic E-state index is 11.6. The molecule has 0 aliphatic carbocycles. The first-order valence-corrected chi connectivity index (χ1v) is 9.57. The van der Waals surface area contributed by atoms with E-state index in [1.807, 2.05) is 0 Å². The second kappa shape index (κ2) is 7.41. The summed E-state index contributed by atoms with van der Waals surface area (Å²) in [4.78, 5) is 0. The van der Waals surface area contributed by atoms with Gasteiger partial charge in [-0.15, -0.1) is 6.58 Å². The van der Waals surface area contributed by atoms with E-state index in [4.69, 9.17) is 23.8 Å². The number of halogens is 1. The van der Waals surface area contributed by atoms with Gasteiger partial charge in [-0.25, -0.2) is 13.1 Å². The summed E-state index contributed by atoms with van der Waals surface area (Å²) in [5.41, 5.74) is 3.97. The van der Waals surface area contributed by atoms with Gasteiger partial charge in [-0.2, -0.15) is 10.2 Å². The lowest BCUT2D eigenvalue weighted by atomic mass is 10.2. The summed E-state index contributed by atoms with van der Waals surface area (Å²) in [6.45, 7) is 5.90. The van der Waals surface area contributed by atoms with Gasteiger partial charge in [0.25, 0.3) is 0 Å². The monoisotopic (exact) mass is 375 g/mol. The Morgan fingerprint density at radius 1 is 1.65 bits per heavy atom. The molecule has 10 heteroatoms. The number of hydrazone groups is 1. The average Bonchev–Trinajstić information content (AvgIpc) is 2.98. The molecule has 7 nitrogen and oxygen atoms in total. The number of rotatable bonds is 5. The Labute approximate surface area is 145 Å². The van der Waals surface area contributed by atoms with Gasteiger partial charge in [0.1, 0.15) is 5.15 Å². The molecular formula is C13H18ClN5O2S2. The number of hydrogen-bond donors (Lipinski definition) is 2. The summed E-state index contributed by atoms with van der Waals surface area (Å²) in [5, 5.41) is 12.0. The maximum Gasteiger partial charge on any atom is 0.187 e. The van der Waals surface area contributed by atoms with Crippen molar-refractivity contribution in [3.05, 3.63) is 29.1 Å². The van der Waals surface area contributed by atoms with Crippen molar-refractivity contribution in [2.45, 2.75) is 19.4 Å². The second-order valence-corrected chi connectivity index (χ2v) is 8.16. The number of thiocarbonyl (C=S) groups is 1. The molecule has 0 saturated carbocycles. The third kappa shape index (κ3) is 4.52.